The quantitative estimate of drug-likeness (QED) is 0.307. The van der Waals surface area contributed by atoms with Gasteiger partial charge < -0.3 is 10.1 Å². The maximum Gasteiger partial charge on any atom is 0.346 e. The number of esters is 1. The predicted molar refractivity (Wildman–Crippen MR) is 122 cm³/mol. The lowest BCUT2D eigenvalue weighted by Crippen LogP contribution is -2.23. The van der Waals surface area contributed by atoms with Crippen molar-refractivity contribution >= 4 is 17.4 Å². The molecule has 2 heterocycles. The van der Waals surface area contributed by atoms with Crippen LogP contribution in [-0.2, 0) is 0 Å². The van der Waals surface area contributed by atoms with Crippen LogP contribution in [0.5, 0.6) is 5.75 Å². The van der Waals surface area contributed by atoms with Crippen LogP contribution in [0.3, 0.4) is 0 Å². The van der Waals surface area contributed by atoms with Crippen LogP contribution in [0.1, 0.15) is 42.5 Å². The Balaban J connectivity index is 1.55. The molecule has 32 heavy (non-hydrogen) atoms. The molecule has 0 spiro atoms. The summed E-state index contributed by atoms with van der Waals surface area (Å²) in [5.74, 6) is -0.124. The van der Waals surface area contributed by atoms with Gasteiger partial charge in [0.1, 0.15) is 28.7 Å². The second kappa shape index (κ2) is 8.83. The van der Waals surface area contributed by atoms with Crippen molar-refractivity contribution in [1.29, 1.82) is 0 Å². The minimum Gasteiger partial charge on any atom is -0.422 e. The average molecular weight is 429 g/mol. The van der Waals surface area contributed by atoms with Gasteiger partial charge in [0, 0.05) is 17.8 Å². The number of fused-ring (bicyclic) bond motifs is 1. The first kappa shape index (κ1) is 20.2. The lowest BCUT2D eigenvalue weighted by Gasteiger charge is -2.24. The molecule has 0 amide bonds. The van der Waals surface area contributed by atoms with Crippen molar-refractivity contribution in [3.8, 4) is 17.0 Å². The Kier molecular flexibility index (Phi) is 5.58. The molecule has 6 heteroatoms. The summed E-state index contributed by atoms with van der Waals surface area (Å²) in [5.41, 5.74) is 2.09. The maximum absolute atomic E-state index is 14.1. The van der Waals surface area contributed by atoms with Gasteiger partial charge >= 0.3 is 5.97 Å². The number of hydrogen-bond acceptors (Lipinski definition) is 4. The summed E-state index contributed by atoms with van der Waals surface area (Å²) < 4.78 is 21.8. The first-order valence-corrected chi connectivity index (χ1v) is 11.0. The van der Waals surface area contributed by atoms with Gasteiger partial charge in [-0.1, -0.05) is 49.6 Å². The summed E-state index contributed by atoms with van der Waals surface area (Å²) >= 11 is 0. The molecular weight excluding hydrogens is 405 g/mol. The fourth-order valence-electron chi connectivity index (χ4n) is 4.29. The molecule has 4 aromatic rings. The van der Waals surface area contributed by atoms with Crippen molar-refractivity contribution in [2.45, 2.75) is 38.1 Å². The van der Waals surface area contributed by atoms with Gasteiger partial charge in [-0.05, 0) is 49.2 Å². The third kappa shape index (κ3) is 3.96. The topological polar surface area (TPSA) is 55.6 Å². The maximum atomic E-state index is 14.1. The van der Waals surface area contributed by atoms with Crippen LogP contribution in [0.2, 0.25) is 0 Å². The zero-order valence-corrected chi connectivity index (χ0v) is 17.6. The van der Waals surface area contributed by atoms with E-state index in [1.807, 2.05) is 40.9 Å². The number of carbonyl (C=O) groups is 1. The number of nitrogens with zero attached hydrogens (tertiary/aromatic N) is 2. The Labute approximate surface area is 185 Å². The minimum absolute atomic E-state index is 0.0992. The number of pyridine rings is 1. The third-order valence-corrected chi connectivity index (χ3v) is 5.91. The molecule has 0 radical (unpaired) electrons. The first-order chi connectivity index (χ1) is 15.7. The number of halogens is 1. The van der Waals surface area contributed by atoms with Gasteiger partial charge in [-0.15, -0.1) is 0 Å². The number of rotatable bonds is 5. The first-order valence-electron chi connectivity index (χ1n) is 11.0. The highest BCUT2D eigenvalue weighted by atomic mass is 19.1. The van der Waals surface area contributed by atoms with Crippen molar-refractivity contribution < 1.29 is 13.9 Å². The van der Waals surface area contributed by atoms with E-state index in [1.165, 1.54) is 31.4 Å². The van der Waals surface area contributed by atoms with Crippen LogP contribution in [0, 0.1) is 5.82 Å². The Bertz CT molecular complexity index is 1260. The van der Waals surface area contributed by atoms with E-state index >= 15 is 0 Å². The van der Waals surface area contributed by atoms with Gasteiger partial charge in [0.25, 0.3) is 0 Å². The highest BCUT2D eigenvalue weighted by molar-refractivity contribution is 5.93. The Morgan fingerprint density at radius 1 is 0.969 bits per heavy atom. The molecule has 162 valence electrons. The number of carbonyl (C=O) groups excluding carboxylic acids is 1. The Morgan fingerprint density at radius 3 is 2.56 bits per heavy atom. The van der Waals surface area contributed by atoms with Crippen LogP contribution in [0.4, 0.5) is 10.2 Å². The highest BCUT2D eigenvalue weighted by Gasteiger charge is 2.23. The van der Waals surface area contributed by atoms with Gasteiger partial charge in [-0.2, -0.15) is 0 Å². The van der Waals surface area contributed by atoms with Crippen LogP contribution < -0.4 is 10.1 Å². The monoisotopic (exact) mass is 429 g/mol. The highest BCUT2D eigenvalue weighted by Crippen LogP contribution is 2.37. The van der Waals surface area contributed by atoms with Crippen LogP contribution >= 0.6 is 0 Å². The zero-order valence-electron chi connectivity index (χ0n) is 17.6. The van der Waals surface area contributed by atoms with Gasteiger partial charge in [-0.25, -0.2) is 14.2 Å². The van der Waals surface area contributed by atoms with Gasteiger partial charge in [0.2, 0.25) is 0 Å². The molecule has 0 bridgehead atoms. The number of hydrogen-bond donors (Lipinski definition) is 1. The van der Waals surface area contributed by atoms with Crippen LogP contribution in [0.25, 0.3) is 16.9 Å². The third-order valence-electron chi connectivity index (χ3n) is 5.91. The average Bonchev–Trinajstić information content (AvgIpc) is 3.18. The summed E-state index contributed by atoms with van der Waals surface area (Å²) in [4.78, 5) is 17.5. The van der Waals surface area contributed by atoms with Crippen molar-refractivity contribution in [1.82, 2.24) is 9.38 Å². The molecule has 2 aromatic heterocycles. The molecule has 0 unspecified atom stereocenters. The van der Waals surface area contributed by atoms with E-state index in [9.17, 15) is 9.18 Å². The molecular formula is C26H24FN3O2. The summed E-state index contributed by atoms with van der Waals surface area (Å²) in [6, 6.07) is 19.3. The lowest BCUT2D eigenvalue weighted by molar-refractivity contribution is 0.0730. The summed E-state index contributed by atoms with van der Waals surface area (Å²) in [6.07, 6.45) is 7.89. The van der Waals surface area contributed by atoms with E-state index < -0.39 is 11.8 Å². The van der Waals surface area contributed by atoms with E-state index in [0.717, 1.165) is 24.3 Å². The SMILES string of the molecule is O=C(Oc1ccccc1-c1nc2ccccn2c1NC1CCCCC1)c1ccccc1F. The van der Waals surface area contributed by atoms with E-state index in [-0.39, 0.29) is 5.56 Å². The predicted octanol–water partition coefficient (Wildman–Crippen LogP) is 6.10. The molecule has 1 aliphatic carbocycles. The molecule has 1 saturated carbocycles. The Hall–Kier alpha value is -3.67. The number of imidazole rings is 1. The van der Waals surface area contributed by atoms with E-state index in [0.29, 0.717) is 23.0 Å². The molecule has 0 aliphatic heterocycles. The number of anilines is 1. The second-order valence-electron chi connectivity index (χ2n) is 8.08. The Morgan fingerprint density at radius 2 is 1.72 bits per heavy atom. The normalized spacial score (nSPS) is 14.4. The number of aromatic nitrogens is 2. The largest absolute Gasteiger partial charge is 0.422 e. The van der Waals surface area contributed by atoms with E-state index in [4.69, 9.17) is 9.72 Å². The van der Waals surface area contributed by atoms with Gasteiger partial charge in [0.15, 0.2) is 0 Å². The molecule has 0 saturated heterocycles. The minimum atomic E-state index is -0.735. The zero-order chi connectivity index (χ0) is 21.9. The molecule has 1 N–H and O–H groups in total. The molecule has 1 aliphatic rings. The number of ether oxygens (including phenoxy) is 1. The standard InChI is InChI=1S/C26H24FN3O2/c27-21-14-6-4-12-19(21)26(31)32-22-15-7-5-13-20(22)24-25(28-18-10-2-1-3-11-18)30-17-9-8-16-23(30)29-24/h4-9,12-18,28H,1-3,10-11H2. The van der Waals surface area contributed by atoms with Crippen LogP contribution in [-0.4, -0.2) is 21.4 Å². The van der Waals surface area contributed by atoms with E-state index in [1.54, 1.807) is 24.3 Å². The smallest absolute Gasteiger partial charge is 0.346 e. The number of para-hydroxylation sites is 1. The van der Waals surface area contributed by atoms with Gasteiger partial charge in [0.05, 0.1) is 5.56 Å². The van der Waals surface area contributed by atoms with Crippen molar-refractivity contribution in [2.24, 2.45) is 0 Å². The molecule has 1 fully saturated rings. The molecule has 5 nitrogen and oxygen atoms in total. The van der Waals surface area contributed by atoms with E-state index in [2.05, 4.69) is 5.32 Å². The summed E-state index contributed by atoms with van der Waals surface area (Å²) in [7, 11) is 0. The van der Waals surface area contributed by atoms with Crippen LogP contribution in [0.15, 0.2) is 72.9 Å². The summed E-state index contributed by atoms with van der Waals surface area (Å²) in [6.45, 7) is 0. The van der Waals surface area contributed by atoms with Gasteiger partial charge in [-0.3, -0.25) is 4.40 Å². The lowest BCUT2D eigenvalue weighted by atomic mass is 9.95. The molecule has 0 atom stereocenters. The molecule has 2 aromatic carbocycles. The summed E-state index contributed by atoms with van der Waals surface area (Å²) in [5, 5.41) is 3.69. The fraction of sp³-hybridized carbons (Fsp3) is 0.231. The molecule has 5 rings (SSSR count). The van der Waals surface area contributed by atoms with Crippen molar-refractivity contribution in [3.63, 3.8) is 0 Å². The van der Waals surface area contributed by atoms with Crippen molar-refractivity contribution in [2.75, 3.05) is 5.32 Å². The fourth-order valence-corrected chi connectivity index (χ4v) is 4.29. The second-order valence-corrected chi connectivity index (χ2v) is 8.08. The number of benzene rings is 2. The van der Waals surface area contributed by atoms with Crippen molar-refractivity contribution in [3.05, 3.63) is 84.3 Å². The number of nitrogens with one attached hydrogen (secondary N) is 1.